The molecule has 2 N–H and O–H groups in total. The maximum absolute atomic E-state index is 11.4. The van der Waals surface area contributed by atoms with Gasteiger partial charge in [0.05, 0.1) is 24.6 Å². The number of nitrogen functional groups attached to an aromatic ring is 1. The molecule has 0 fully saturated rings. The molecule has 0 aromatic carbocycles. The Morgan fingerprint density at radius 2 is 2.39 bits per heavy atom. The number of hydrogen-bond donors (Lipinski definition) is 1. The van der Waals surface area contributed by atoms with Gasteiger partial charge in [-0.15, -0.1) is 11.3 Å². The van der Waals surface area contributed by atoms with Crippen LogP contribution >= 0.6 is 11.3 Å². The lowest BCUT2D eigenvalue weighted by molar-refractivity contribution is 0.0601. The van der Waals surface area contributed by atoms with Gasteiger partial charge < -0.3 is 15.2 Å². The minimum absolute atomic E-state index is 0.258. The molecule has 2 rings (SSSR count). The van der Waals surface area contributed by atoms with E-state index in [2.05, 4.69) is 9.72 Å². The van der Waals surface area contributed by atoms with Gasteiger partial charge in [-0.1, -0.05) is 6.07 Å². The molecule has 0 amide bonds. The van der Waals surface area contributed by atoms with Crippen LogP contribution in [0.4, 0.5) is 5.69 Å². The van der Waals surface area contributed by atoms with Crippen molar-refractivity contribution in [3.63, 3.8) is 0 Å². The Morgan fingerprint density at radius 1 is 1.56 bits per heavy atom. The van der Waals surface area contributed by atoms with Gasteiger partial charge in [-0.2, -0.15) is 0 Å². The van der Waals surface area contributed by atoms with Gasteiger partial charge in [0.2, 0.25) is 5.88 Å². The van der Waals surface area contributed by atoms with E-state index >= 15 is 0 Å². The highest BCUT2D eigenvalue weighted by molar-refractivity contribution is 7.09. The van der Waals surface area contributed by atoms with Crippen LogP contribution in [0.1, 0.15) is 15.2 Å². The number of ether oxygens (including phenoxy) is 2. The average molecular weight is 264 g/mol. The fraction of sp³-hybridized carbons (Fsp3) is 0.167. The van der Waals surface area contributed by atoms with Gasteiger partial charge in [0.1, 0.15) is 6.61 Å². The van der Waals surface area contributed by atoms with Crippen LogP contribution in [-0.2, 0) is 11.3 Å². The maximum atomic E-state index is 11.4. The van der Waals surface area contributed by atoms with E-state index in [1.54, 1.807) is 11.3 Å². The monoisotopic (exact) mass is 264 g/mol. The molecular formula is C12H12N2O3S. The Bertz CT molecular complexity index is 540. The van der Waals surface area contributed by atoms with Crippen LogP contribution in [0.5, 0.6) is 5.88 Å². The zero-order valence-electron chi connectivity index (χ0n) is 9.75. The molecule has 5 nitrogen and oxygen atoms in total. The number of pyridine rings is 1. The van der Waals surface area contributed by atoms with E-state index in [1.165, 1.54) is 19.4 Å². The van der Waals surface area contributed by atoms with E-state index in [-0.39, 0.29) is 11.3 Å². The number of carbonyl (C=O) groups is 1. The minimum Gasteiger partial charge on any atom is -0.472 e. The van der Waals surface area contributed by atoms with Gasteiger partial charge in [0, 0.05) is 10.9 Å². The molecule has 94 valence electrons. The highest BCUT2D eigenvalue weighted by Crippen LogP contribution is 2.19. The first-order chi connectivity index (χ1) is 8.70. The van der Waals surface area contributed by atoms with Gasteiger partial charge in [-0.3, -0.25) is 0 Å². The van der Waals surface area contributed by atoms with Crippen LogP contribution in [0.25, 0.3) is 0 Å². The summed E-state index contributed by atoms with van der Waals surface area (Å²) in [4.78, 5) is 16.5. The molecule has 0 atom stereocenters. The van der Waals surface area contributed by atoms with E-state index in [0.29, 0.717) is 12.5 Å². The molecular weight excluding hydrogens is 252 g/mol. The van der Waals surface area contributed by atoms with Crippen LogP contribution in [0.2, 0.25) is 0 Å². The molecule has 0 aliphatic heterocycles. The van der Waals surface area contributed by atoms with Crippen molar-refractivity contribution in [2.45, 2.75) is 6.61 Å². The molecule has 0 radical (unpaired) electrons. The summed E-state index contributed by atoms with van der Waals surface area (Å²) in [6, 6.07) is 5.39. The zero-order valence-corrected chi connectivity index (χ0v) is 10.6. The Labute approximate surface area is 108 Å². The summed E-state index contributed by atoms with van der Waals surface area (Å²) in [5.41, 5.74) is 6.17. The molecule has 6 heteroatoms. The summed E-state index contributed by atoms with van der Waals surface area (Å²) in [6.07, 6.45) is 1.38. The van der Waals surface area contributed by atoms with Crippen molar-refractivity contribution in [2.75, 3.05) is 12.8 Å². The smallest absolute Gasteiger partial charge is 0.340 e. The van der Waals surface area contributed by atoms with Crippen LogP contribution < -0.4 is 10.5 Å². The first-order valence-corrected chi connectivity index (χ1v) is 6.07. The number of nitrogens with zero attached hydrogens (tertiary/aromatic N) is 1. The number of carbonyl (C=O) groups excluding carboxylic acids is 1. The summed E-state index contributed by atoms with van der Waals surface area (Å²) in [6.45, 7) is 0.412. The normalized spacial score (nSPS) is 10.1. The number of aromatic nitrogens is 1. The predicted octanol–water partition coefficient (Wildman–Crippen LogP) is 2.09. The fourth-order valence-electron chi connectivity index (χ4n) is 1.35. The summed E-state index contributed by atoms with van der Waals surface area (Å²) in [5.74, 6) is -0.158. The standard InChI is InChI=1S/C12H12N2O3S/c1-16-12(15)9-5-11(14-6-10(9)13)17-7-8-3-2-4-18-8/h2-6H,7,13H2,1H3. The lowest BCUT2D eigenvalue weighted by atomic mass is 10.2. The van der Waals surface area contributed by atoms with Crippen molar-refractivity contribution < 1.29 is 14.3 Å². The van der Waals surface area contributed by atoms with Crippen LogP contribution in [0.15, 0.2) is 29.8 Å². The molecule has 0 bridgehead atoms. The summed E-state index contributed by atoms with van der Waals surface area (Å²) >= 11 is 1.59. The minimum atomic E-state index is -0.504. The average Bonchev–Trinajstić information content (AvgIpc) is 2.90. The third-order valence-corrected chi connectivity index (χ3v) is 3.11. The number of hydrogen-bond acceptors (Lipinski definition) is 6. The second-order valence-electron chi connectivity index (χ2n) is 3.47. The van der Waals surface area contributed by atoms with Crippen molar-refractivity contribution in [3.8, 4) is 5.88 Å². The topological polar surface area (TPSA) is 74.4 Å². The summed E-state index contributed by atoms with van der Waals surface area (Å²) in [5, 5.41) is 1.97. The fourth-order valence-corrected chi connectivity index (χ4v) is 1.97. The largest absolute Gasteiger partial charge is 0.472 e. The molecule has 0 saturated carbocycles. The zero-order chi connectivity index (χ0) is 13.0. The van der Waals surface area contributed by atoms with Gasteiger partial charge in [0.15, 0.2) is 0 Å². The summed E-state index contributed by atoms with van der Waals surface area (Å²) in [7, 11) is 1.30. The number of esters is 1. The highest BCUT2D eigenvalue weighted by atomic mass is 32.1. The van der Waals surface area contributed by atoms with E-state index < -0.39 is 5.97 Å². The number of anilines is 1. The predicted molar refractivity (Wildman–Crippen MR) is 68.6 cm³/mol. The maximum Gasteiger partial charge on any atom is 0.340 e. The molecule has 0 spiro atoms. The highest BCUT2D eigenvalue weighted by Gasteiger charge is 2.12. The summed E-state index contributed by atoms with van der Waals surface area (Å²) < 4.78 is 10.1. The second-order valence-corrected chi connectivity index (χ2v) is 4.50. The number of nitrogens with two attached hydrogens (primary N) is 1. The molecule has 0 aliphatic carbocycles. The molecule has 2 aromatic rings. The molecule has 0 saturated heterocycles. The third-order valence-electron chi connectivity index (χ3n) is 2.26. The molecule has 18 heavy (non-hydrogen) atoms. The third kappa shape index (κ3) is 2.78. The van der Waals surface area contributed by atoms with Crippen molar-refractivity contribution >= 4 is 23.0 Å². The van der Waals surface area contributed by atoms with Crippen molar-refractivity contribution in [1.29, 1.82) is 0 Å². The quantitative estimate of drug-likeness (QED) is 0.856. The Hall–Kier alpha value is -2.08. The molecule has 0 unspecified atom stereocenters. The Kier molecular flexibility index (Phi) is 3.78. The van der Waals surface area contributed by atoms with Gasteiger partial charge in [-0.25, -0.2) is 9.78 Å². The Balaban J connectivity index is 2.12. The van der Waals surface area contributed by atoms with Crippen molar-refractivity contribution in [2.24, 2.45) is 0 Å². The van der Waals surface area contributed by atoms with Crippen LogP contribution in [0, 0.1) is 0 Å². The molecule has 2 aromatic heterocycles. The van der Waals surface area contributed by atoms with E-state index in [9.17, 15) is 4.79 Å². The van der Waals surface area contributed by atoms with Gasteiger partial charge in [-0.05, 0) is 11.4 Å². The van der Waals surface area contributed by atoms with Crippen LogP contribution in [0.3, 0.4) is 0 Å². The number of rotatable bonds is 4. The van der Waals surface area contributed by atoms with E-state index in [4.69, 9.17) is 10.5 Å². The SMILES string of the molecule is COC(=O)c1cc(OCc2cccs2)ncc1N. The van der Waals surface area contributed by atoms with Crippen molar-refractivity contribution in [3.05, 3.63) is 40.2 Å². The molecule has 2 heterocycles. The lowest BCUT2D eigenvalue weighted by Crippen LogP contribution is -2.07. The first-order valence-electron chi connectivity index (χ1n) is 5.19. The molecule has 0 aliphatic rings. The Morgan fingerprint density at radius 3 is 3.06 bits per heavy atom. The van der Waals surface area contributed by atoms with Gasteiger partial charge in [0.25, 0.3) is 0 Å². The number of methoxy groups -OCH3 is 1. The number of thiophene rings is 1. The van der Waals surface area contributed by atoms with Crippen molar-refractivity contribution in [1.82, 2.24) is 4.98 Å². The van der Waals surface area contributed by atoms with Crippen LogP contribution in [-0.4, -0.2) is 18.1 Å². The van der Waals surface area contributed by atoms with E-state index in [0.717, 1.165) is 4.88 Å². The lowest BCUT2D eigenvalue weighted by Gasteiger charge is -2.07. The van der Waals surface area contributed by atoms with E-state index in [1.807, 2.05) is 17.5 Å². The second kappa shape index (κ2) is 5.50. The van der Waals surface area contributed by atoms with Gasteiger partial charge >= 0.3 is 5.97 Å². The first kappa shape index (κ1) is 12.4.